The number of carbonyl (C=O) groups is 1. The first-order chi connectivity index (χ1) is 54.1. The van der Waals surface area contributed by atoms with Gasteiger partial charge in [-0.3, -0.25) is 4.79 Å². The molecular weight excluding hydrogens is 1570 g/mol. The van der Waals surface area contributed by atoms with E-state index in [-0.39, 0.29) is 0 Å². The second-order valence-electron chi connectivity index (χ2n) is 28.8. The summed E-state index contributed by atoms with van der Waals surface area (Å²) in [5, 5.41) is 344. The van der Waals surface area contributed by atoms with Gasteiger partial charge in [-0.15, -0.1) is 0 Å². The molecular formula is C62H105NO51. The first kappa shape index (κ1) is 93.7. The van der Waals surface area contributed by atoms with E-state index in [1.807, 2.05) is 0 Å². The molecule has 0 aromatic rings. The van der Waals surface area contributed by atoms with E-state index in [1.165, 1.54) is 0 Å². The highest BCUT2D eigenvalue weighted by atomic mass is 16.8. The van der Waals surface area contributed by atoms with Crippen LogP contribution in [0.3, 0.4) is 0 Å². The van der Waals surface area contributed by atoms with Crippen molar-refractivity contribution in [2.24, 2.45) is 0 Å². The largest absolute Gasteiger partial charge is 0.394 e. The van der Waals surface area contributed by atoms with E-state index < -0.39 is 379 Å². The van der Waals surface area contributed by atoms with Crippen LogP contribution in [0.25, 0.3) is 0 Å². The van der Waals surface area contributed by atoms with Crippen molar-refractivity contribution in [3.8, 4) is 0 Å². The maximum Gasteiger partial charge on any atom is 0.217 e. The van der Waals surface area contributed by atoms with Crippen molar-refractivity contribution in [3.05, 3.63) is 0 Å². The van der Waals surface area contributed by atoms with E-state index in [1.54, 1.807) is 0 Å². The smallest absolute Gasteiger partial charge is 0.217 e. The van der Waals surface area contributed by atoms with Gasteiger partial charge < -0.3 is 254 Å². The third kappa shape index (κ3) is 19.6. The highest BCUT2D eigenvalue weighted by molar-refractivity contribution is 5.73. The van der Waals surface area contributed by atoms with Crippen LogP contribution in [0.1, 0.15) is 6.92 Å². The summed E-state index contributed by atoms with van der Waals surface area (Å²) in [6.45, 7) is -10.2. The van der Waals surface area contributed by atoms with Crippen molar-refractivity contribution in [2.45, 2.75) is 314 Å². The monoisotopic (exact) mass is 1680 g/mol. The van der Waals surface area contributed by atoms with Gasteiger partial charge in [-0.25, -0.2) is 0 Å². The standard InChI is InChI=1S/C62H105NO51/c1-12(73)63-23-33(83)45(21(10-72)97-53(23)95)107-59-44(94)49(32(82)22(106-59)11-96-54-41(91)46(29(79)18(7-69)98-54)110-60-50(36(86)26(76)15(4-66)103-60)112-56-40(90)35(85)25(75)14(3-65)100-56)111-61-52(38(88)28(78)16(5-67)104-61)114-62-51(37(87)27(77)17(6-68)105-62)113-58-43(93)48(31(81)20(9-71)102-58)109-57-42(92)47(30(80)19(8-70)101-57)108-55-39(89)34(84)24(74)13(2-64)99-55/h13-62,64-72,74-95H,2-11H2,1H3,(H,63,73)/t13-,14-,15-,16-,17-,18-,19-,20-,21-,22-,23-,24-,25-,26-,27-,28-,29-,30-,31-,32-,33-,34+,35+,36+,37+,38+,39-,40+,41+,42-,43+,44+,45-,46+,47+,48+,49+,50+,51+,52+,53?,54+,55-,56-,57-,58-,59+,60-,61-,62-/m1/s1. The number of hydrogen-bond donors (Lipinski definition) is 32. The molecule has 664 valence electrons. The van der Waals surface area contributed by atoms with Gasteiger partial charge in [0.1, 0.15) is 244 Å². The van der Waals surface area contributed by atoms with Gasteiger partial charge in [-0.1, -0.05) is 0 Å². The lowest BCUT2D eigenvalue weighted by Gasteiger charge is -2.51. The highest BCUT2D eigenvalue weighted by Gasteiger charge is 2.62. The molecule has 10 fully saturated rings. The third-order valence-electron chi connectivity index (χ3n) is 21.3. The second-order valence-corrected chi connectivity index (χ2v) is 28.8. The summed E-state index contributed by atoms with van der Waals surface area (Å²) in [6, 6.07) is -1.78. The molecule has 52 heteroatoms. The van der Waals surface area contributed by atoms with Crippen LogP contribution in [-0.2, 0) is 94.8 Å². The van der Waals surface area contributed by atoms with Gasteiger partial charge in [0.25, 0.3) is 0 Å². The van der Waals surface area contributed by atoms with Crippen molar-refractivity contribution in [2.75, 3.05) is 66.1 Å². The Balaban J connectivity index is 0.926. The van der Waals surface area contributed by atoms with Crippen molar-refractivity contribution in [3.63, 3.8) is 0 Å². The Kier molecular flexibility index (Phi) is 33.4. The maximum absolute atomic E-state index is 12.4. The molecule has 10 rings (SSSR count). The number of aliphatic hydroxyl groups excluding tert-OH is 31. The number of carbonyl (C=O) groups excluding carboxylic acids is 1. The molecule has 114 heavy (non-hydrogen) atoms. The average molecular weight is 1680 g/mol. The minimum Gasteiger partial charge on any atom is -0.394 e. The molecule has 10 aliphatic heterocycles. The van der Waals surface area contributed by atoms with Gasteiger partial charge >= 0.3 is 0 Å². The lowest BCUT2D eigenvalue weighted by molar-refractivity contribution is -0.412. The van der Waals surface area contributed by atoms with Gasteiger partial charge in [0, 0.05) is 6.92 Å². The quantitative estimate of drug-likeness (QED) is 0.0331. The molecule has 32 N–H and O–H groups in total. The summed E-state index contributed by atoms with van der Waals surface area (Å²) in [7, 11) is 0. The fourth-order valence-corrected chi connectivity index (χ4v) is 14.7. The third-order valence-corrected chi connectivity index (χ3v) is 21.3. The molecule has 10 aliphatic rings. The topological polar surface area (TPSA) is 832 Å². The zero-order chi connectivity index (χ0) is 83.7. The van der Waals surface area contributed by atoms with E-state index >= 15 is 0 Å². The Morgan fingerprint density at radius 2 is 0.456 bits per heavy atom. The van der Waals surface area contributed by atoms with E-state index in [0.29, 0.717) is 0 Å². The molecule has 52 nitrogen and oxygen atoms in total. The maximum atomic E-state index is 12.4. The van der Waals surface area contributed by atoms with E-state index in [9.17, 15) is 163 Å². The molecule has 10 heterocycles. The number of nitrogens with one attached hydrogen (secondary N) is 1. The summed E-state index contributed by atoms with van der Waals surface area (Å²) in [5.74, 6) is -0.865. The van der Waals surface area contributed by atoms with E-state index in [2.05, 4.69) is 5.32 Å². The molecule has 50 atom stereocenters. The van der Waals surface area contributed by atoms with Crippen LogP contribution in [0, 0.1) is 0 Å². The minimum absolute atomic E-state index is 0.865. The van der Waals surface area contributed by atoms with E-state index in [4.69, 9.17) is 90.0 Å². The molecule has 0 saturated carbocycles. The summed E-state index contributed by atoms with van der Waals surface area (Å²) in [5.41, 5.74) is 0. The normalized spacial score (nSPS) is 52.6. The number of amides is 1. The summed E-state index contributed by atoms with van der Waals surface area (Å²) in [4.78, 5) is 12.3. The van der Waals surface area contributed by atoms with Crippen molar-refractivity contribution < 1.29 is 253 Å². The predicted molar refractivity (Wildman–Crippen MR) is 341 cm³/mol. The van der Waals surface area contributed by atoms with Crippen LogP contribution in [0.5, 0.6) is 0 Å². The Morgan fingerprint density at radius 1 is 0.228 bits per heavy atom. The van der Waals surface area contributed by atoms with Gasteiger partial charge in [-0.05, 0) is 0 Å². The Hall–Kier alpha value is -2.53. The van der Waals surface area contributed by atoms with E-state index in [0.717, 1.165) is 6.92 Å². The van der Waals surface area contributed by atoms with Gasteiger partial charge in [-0.2, -0.15) is 0 Å². The molecule has 1 unspecified atom stereocenters. The lowest BCUT2D eigenvalue weighted by atomic mass is 9.94. The van der Waals surface area contributed by atoms with Crippen LogP contribution in [0.15, 0.2) is 0 Å². The number of ether oxygens (including phenoxy) is 19. The Bertz CT molecular complexity index is 2920. The van der Waals surface area contributed by atoms with Crippen LogP contribution in [-0.4, -0.2) is 537 Å². The second kappa shape index (κ2) is 40.6. The van der Waals surface area contributed by atoms with Gasteiger partial charge in [0.2, 0.25) is 5.91 Å². The minimum atomic E-state index is -2.55. The first-order valence-electron chi connectivity index (χ1n) is 36.2. The van der Waals surface area contributed by atoms with Gasteiger partial charge in [0.15, 0.2) is 62.9 Å². The van der Waals surface area contributed by atoms with Crippen LogP contribution in [0.2, 0.25) is 0 Å². The molecule has 0 aromatic carbocycles. The number of hydrogen-bond acceptors (Lipinski definition) is 51. The number of aliphatic hydroxyl groups is 31. The van der Waals surface area contributed by atoms with Crippen molar-refractivity contribution >= 4 is 5.91 Å². The van der Waals surface area contributed by atoms with Crippen molar-refractivity contribution in [1.82, 2.24) is 5.32 Å². The molecule has 0 spiro atoms. The fraction of sp³-hybridized carbons (Fsp3) is 0.984. The summed E-state index contributed by atoms with van der Waals surface area (Å²) in [6.07, 6.45) is -106. The van der Waals surface area contributed by atoms with Crippen LogP contribution >= 0.6 is 0 Å². The summed E-state index contributed by atoms with van der Waals surface area (Å²) >= 11 is 0. The van der Waals surface area contributed by atoms with Gasteiger partial charge in [0.05, 0.1) is 66.1 Å². The zero-order valence-corrected chi connectivity index (χ0v) is 60.0. The SMILES string of the molecule is CC(=O)N[C@H]1C(O)O[C@H](CO)[C@@H](O[C@@H]2O[C@H](CO[C@H]3O[C@H](CO)[C@@H](O)[C@H](O[C@H]4O[C@H](CO)[C@@H](O)[C@H](O)[C@@H]4O[C@H]4O[C@H](CO)[C@@H](O)[C@H](O)[C@@H]4O)[C@@H]3O)[C@@H](O)[C@H](O[C@H]3O[C@H](CO)[C@@H](O)[C@H](O)[C@@H]3O[C@H]3O[C@H](CO)[C@@H](O)[C@H](O)[C@@H]3O[C@H]3O[C@H](CO)[C@@H](O)[C@H](O[C@H]4O[C@H](CO)[C@@H](O)[C@H](O[C@H]5O[C@H](CO)[C@@H](O)[C@H](O)[C@H]5O)[C@H]4O)[C@@H]3O)[C@@H]2O)[C@@H]1O. The molecule has 1 amide bonds. The number of rotatable bonds is 29. The molecule has 0 aliphatic carbocycles. The Labute approximate surface area is 642 Å². The highest BCUT2D eigenvalue weighted by Crippen LogP contribution is 2.41. The fourth-order valence-electron chi connectivity index (χ4n) is 14.7. The van der Waals surface area contributed by atoms with Crippen molar-refractivity contribution in [1.29, 1.82) is 0 Å². The lowest BCUT2D eigenvalue weighted by Crippen LogP contribution is -2.69. The molecule has 0 radical (unpaired) electrons. The van der Waals surface area contributed by atoms with Crippen LogP contribution in [0.4, 0.5) is 0 Å². The Morgan fingerprint density at radius 3 is 0.772 bits per heavy atom. The zero-order valence-electron chi connectivity index (χ0n) is 60.0. The molecule has 0 aromatic heterocycles. The molecule has 10 saturated heterocycles. The summed E-state index contributed by atoms with van der Waals surface area (Å²) < 4.78 is 110. The average Bonchev–Trinajstić information content (AvgIpc) is 0.762. The predicted octanol–water partition coefficient (Wildman–Crippen LogP) is -22.7. The van der Waals surface area contributed by atoms with Crippen LogP contribution < -0.4 is 5.32 Å². The first-order valence-corrected chi connectivity index (χ1v) is 36.2. The molecule has 0 bridgehead atoms.